The number of carbonyl (C=O) groups is 1. The van der Waals surface area contributed by atoms with Crippen molar-refractivity contribution in [1.29, 1.82) is 0 Å². The third-order valence-corrected chi connectivity index (χ3v) is 3.41. The smallest absolute Gasteiger partial charge is 0.217 e. The van der Waals surface area contributed by atoms with Crippen LogP contribution in [-0.4, -0.2) is 15.5 Å². The lowest BCUT2D eigenvalue weighted by Gasteiger charge is -2.08. The van der Waals surface area contributed by atoms with Gasteiger partial charge in [-0.05, 0) is 23.3 Å². The molecule has 0 aliphatic carbocycles. The van der Waals surface area contributed by atoms with Crippen LogP contribution < -0.4 is 5.32 Å². The lowest BCUT2D eigenvalue weighted by Crippen LogP contribution is -2.18. The summed E-state index contributed by atoms with van der Waals surface area (Å²) in [6.45, 7) is 2.86. The van der Waals surface area contributed by atoms with Gasteiger partial charge in [0.25, 0.3) is 0 Å². The van der Waals surface area contributed by atoms with Crippen molar-refractivity contribution in [2.45, 2.75) is 20.0 Å². The third-order valence-electron chi connectivity index (χ3n) is 3.41. The molecular formula is C17H17N3O. The Kier molecular flexibility index (Phi) is 3.69. The Balaban J connectivity index is 1.81. The zero-order valence-corrected chi connectivity index (χ0v) is 11.9. The van der Waals surface area contributed by atoms with Crippen molar-refractivity contribution in [2.75, 3.05) is 0 Å². The average Bonchev–Trinajstić information content (AvgIpc) is 2.89. The number of imidazole rings is 1. The van der Waals surface area contributed by atoms with E-state index in [1.807, 2.05) is 36.7 Å². The van der Waals surface area contributed by atoms with Crippen LogP contribution in [0.5, 0.6) is 0 Å². The minimum absolute atomic E-state index is 0.0130. The van der Waals surface area contributed by atoms with Crippen LogP contribution >= 0.6 is 0 Å². The molecule has 0 unspecified atom stereocenters. The predicted molar refractivity (Wildman–Crippen MR) is 82.8 cm³/mol. The molecule has 106 valence electrons. The Morgan fingerprint density at radius 3 is 2.81 bits per heavy atom. The second kappa shape index (κ2) is 5.79. The Labute approximate surface area is 123 Å². The fourth-order valence-electron chi connectivity index (χ4n) is 2.40. The van der Waals surface area contributed by atoms with Gasteiger partial charge in [-0.2, -0.15) is 0 Å². The normalized spacial score (nSPS) is 10.7. The van der Waals surface area contributed by atoms with Gasteiger partial charge in [-0.25, -0.2) is 4.98 Å². The number of aromatic nitrogens is 2. The number of para-hydroxylation sites is 2. The van der Waals surface area contributed by atoms with Crippen molar-refractivity contribution in [1.82, 2.24) is 14.9 Å². The highest BCUT2D eigenvalue weighted by atomic mass is 16.1. The van der Waals surface area contributed by atoms with E-state index in [4.69, 9.17) is 0 Å². The van der Waals surface area contributed by atoms with Crippen LogP contribution in [0.25, 0.3) is 11.0 Å². The molecule has 0 fully saturated rings. The van der Waals surface area contributed by atoms with Crippen molar-refractivity contribution < 1.29 is 4.79 Å². The van der Waals surface area contributed by atoms with Crippen LogP contribution in [0.15, 0.2) is 54.9 Å². The summed E-state index contributed by atoms with van der Waals surface area (Å²) in [5.41, 5.74) is 4.43. The van der Waals surface area contributed by atoms with Crippen molar-refractivity contribution in [2.24, 2.45) is 0 Å². The molecule has 1 amide bonds. The van der Waals surface area contributed by atoms with Gasteiger partial charge in [0.05, 0.1) is 17.4 Å². The van der Waals surface area contributed by atoms with Crippen molar-refractivity contribution >= 4 is 16.9 Å². The van der Waals surface area contributed by atoms with E-state index in [0.717, 1.165) is 23.1 Å². The molecule has 1 N–H and O–H groups in total. The maximum Gasteiger partial charge on any atom is 0.217 e. The number of nitrogens with one attached hydrogen (secondary N) is 1. The topological polar surface area (TPSA) is 46.9 Å². The zero-order valence-electron chi connectivity index (χ0n) is 11.9. The highest BCUT2D eigenvalue weighted by molar-refractivity contribution is 5.75. The molecule has 0 saturated carbocycles. The van der Waals surface area contributed by atoms with Crippen molar-refractivity contribution in [3.05, 3.63) is 66.0 Å². The van der Waals surface area contributed by atoms with Crippen LogP contribution in [0.2, 0.25) is 0 Å². The minimum Gasteiger partial charge on any atom is -0.352 e. The fourth-order valence-corrected chi connectivity index (χ4v) is 2.40. The van der Waals surface area contributed by atoms with E-state index in [9.17, 15) is 4.79 Å². The summed E-state index contributed by atoms with van der Waals surface area (Å²) in [5, 5.41) is 2.82. The number of benzene rings is 2. The zero-order chi connectivity index (χ0) is 14.7. The van der Waals surface area contributed by atoms with Crippen LogP contribution in [0.4, 0.5) is 0 Å². The number of hydrogen-bond donors (Lipinski definition) is 1. The summed E-state index contributed by atoms with van der Waals surface area (Å²) < 4.78 is 2.13. The summed E-state index contributed by atoms with van der Waals surface area (Å²) in [7, 11) is 0. The SMILES string of the molecule is CC(=O)NCc1cccc(Cn2cnc3ccccc32)c1. The third kappa shape index (κ3) is 3.11. The summed E-state index contributed by atoms with van der Waals surface area (Å²) in [4.78, 5) is 15.4. The second-order valence-electron chi connectivity index (χ2n) is 5.09. The number of carbonyl (C=O) groups excluding carboxylic acids is 1. The fraction of sp³-hybridized carbons (Fsp3) is 0.176. The molecule has 4 nitrogen and oxygen atoms in total. The molecule has 0 radical (unpaired) electrons. The van der Waals surface area contributed by atoms with Gasteiger partial charge in [0.15, 0.2) is 0 Å². The van der Waals surface area contributed by atoms with E-state index in [0.29, 0.717) is 6.54 Å². The van der Waals surface area contributed by atoms with Gasteiger partial charge < -0.3 is 9.88 Å². The lowest BCUT2D eigenvalue weighted by atomic mass is 10.1. The molecule has 2 aromatic carbocycles. The Morgan fingerprint density at radius 2 is 1.95 bits per heavy atom. The number of fused-ring (bicyclic) bond motifs is 1. The Morgan fingerprint density at radius 1 is 1.14 bits per heavy atom. The van der Waals surface area contributed by atoms with Gasteiger partial charge in [-0.3, -0.25) is 4.79 Å². The molecule has 4 heteroatoms. The number of rotatable bonds is 4. The molecule has 0 spiro atoms. The van der Waals surface area contributed by atoms with E-state index in [-0.39, 0.29) is 5.91 Å². The maximum absolute atomic E-state index is 11.0. The van der Waals surface area contributed by atoms with Crippen LogP contribution in [0, 0.1) is 0 Å². The predicted octanol–water partition coefficient (Wildman–Crippen LogP) is 2.72. The molecule has 0 aliphatic rings. The number of amides is 1. The van der Waals surface area contributed by atoms with Crippen LogP contribution in [0.3, 0.4) is 0 Å². The molecule has 21 heavy (non-hydrogen) atoms. The molecule has 0 atom stereocenters. The first-order chi connectivity index (χ1) is 10.2. The molecule has 3 aromatic rings. The highest BCUT2D eigenvalue weighted by Crippen LogP contribution is 2.14. The Hall–Kier alpha value is -2.62. The first-order valence-electron chi connectivity index (χ1n) is 6.94. The summed E-state index contributed by atoms with van der Waals surface area (Å²) in [5.74, 6) is -0.0130. The monoisotopic (exact) mass is 279 g/mol. The van der Waals surface area contributed by atoms with Crippen LogP contribution in [-0.2, 0) is 17.9 Å². The average molecular weight is 279 g/mol. The lowest BCUT2D eigenvalue weighted by molar-refractivity contribution is -0.119. The first kappa shape index (κ1) is 13.4. The largest absolute Gasteiger partial charge is 0.352 e. The van der Waals surface area contributed by atoms with Crippen molar-refractivity contribution in [3.63, 3.8) is 0 Å². The van der Waals surface area contributed by atoms with E-state index >= 15 is 0 Å². The second-order valence-corrected chi connectivity index (χ2v) is 5.09. The van der Waals surface area contributed by atoms with Crippen molar-refractivity contribution in [3.8, 4) is 0 Å². The molecule has 3 rings (SSSR count). The summed E-state index contributed by atoms with van der Waals surface area (Å²) in [6.07, 6.45) is 1.87. The number of nitrogens with zero attached hydrogens (tertiary/aromatic N) is 2. The molecular weight excluding hydrogens is 262 g/mol. The van der Waals surface area contributed by atoms with Gasteiger partial charge in [-0.1, -0.05) is 36.4 Å². The summed E-state index contributed by atoms with van der Waals surface area (Å²) in [6, 6.07) is 16.3. The van der Waals surface area contributed by atoms with Crippen LogP contribution in [0.1, 0.15) is 18.1 Å². The van der Waals surface area contributed by atoms with E-state index in [1.165, 1.54) is 12.5 Å². The molecule has 0 bridgehead atoms. The van der Waals surface area contributed by atoms with E-state index in [2.05, 4.69) is 33.1 Å². The number of hydrogen-bond acceptors (Lipinski definition) is 2. The quantitative estimate of drug-likeness (QED) is 0.798. The molecule has 1 aromatic heterocycles. The van der Waals surface area contributed by atoms with Gasteiger partial charge >= 0.3 is 0 Å². The molecule has 0 saturated heterocycles. The van der Waals surface area contributed by atoms with Gasteiger partial charge in [0.2, 0.25) is 5.91 Å². The van der Waals surface area contributed by atoms with E-state index < -0.39 is 0 Å². The first-order valence-corrected chi connectivity index (χ1v) is 6.94. The summed E-state index contributed by atoms with van der Waals surface area (Å²) >= 11 is 0. The molecule has 0 aliphatic heterocycles. The van der Waals surface area contributed by atoms with Gasteiger partial charge in [-0.15, -0.1) is 0 Å². The highest BCUT2D eigenvalue weighted by Gasteiger charge is 2.03. The Bertz CT molecular complexity index is 776. The van der Waals surface area contributed by atoms with E-state index in [1.54, 1.807) is 0 Å². The molecule has 1 heterocycles. The van der Waals surface area contributed by atoms with Gasteiger partial charge in [0.1, 0.15) is 0 Å². The van der Waals surface area contributed by atoms with Gasteiger partial charge in [0, 0.05) is 20.0 Å². The minimum atomic E-state index is -0.0130. The standard InChI is InChI=1S/C17H17N3O/c1-13(21)18-10-14-5-4-6-15(9-14)11-20-12-19-16-7-2-3-8-17(16)20/h2-9,12H,10-11H2,1H3,(H,18,21). The maximum atomic E-state index is 11.0.